The minimum absolute atomic E-state index is 0.00567. The number of nitro groups is 2. The van der Waals surface area contributed by atoms with Crippen LogP contribution in [0.25, 0.3) is 5.69 Å². The topological polar surface area (TPSA) is 126 Å². The summed E-state index contributed by atoms with van der Waals surface area (Å²) in [5.41, 5.74) is 3.35. The Kier molecular flexibility index (Phi) is 8.04. The molecule has 37 heavy (non-hydrogen) atoms. The highest BCUT2D eigenvalue weighted by Crippen LogP contribution is 2.38. The molecule has 3 aromatic carbocycles. The molecule has 10 nitrogen and oxygen atoms in total. The van der Waals surface area contributed by atoms with Crippen molar-refractivity contribution in [1.29, 1.82) is 0 Å². The van der Waals surface area contributed by atoms with E-state index < -0.39 is 10.2 Å². The molecule has 0 amide bonds. The molecule has 1 heterocycles. The van der Waals surface area contributed by atoms with Crippen LogP contribution in [0.5, 0.6) is 5.75 Å². The molecular weight excluding hydrogens is 518 g/mol. The number of hydrogen-bond donors (Lipinski definition) is 0. The van der Waals surface area contributed by atoms with Crippen LogP contribution in [0.3, 0.4) is 0 Å². The first-order chi connectivity index (χ1) is 17.7. The molecule has 1 aromatic heterocycles. The van der Waals surface area contributed by atoms with Gasteiger partial charge in [-0.3, -0.25) is 24.8 Å². The van der Waals surface area contributed by atoms with Gasteiger partial charge in [-0.25, -0.2) is 0 Å². The molecule has 0 N–H and O–H groups in total. The van der Waals surface area contributed by atoms with Crippen LogP contribution in [0.4, 0.5) is 5.69 Å². The van der Waals surface area contributed by atoms with Crippen molar-refractivity contribution < 1.29 is 14.6 Å². The maximum absolute atomic E-state index is 11.5. The lowest BCUT2D eigenvalue weighted by Gasteiger charge is -2.16. The van der Waals surface area contributed by atoms with Crippen molar-refractivity contribution >= 4 is 29.1 Å². The molecule has 0 fully saturated rings. The number of nitro benzene ring substituents is 1. The Labute approximate surface area is 221 Å². The number of benzene rings is 3. The van der Waals surface area contributed by atoms with Crippen molar-refractivity contribution in [2.24, 2.45) is 0 Å². The average Bonchev–Trinajstić information content (AvgIpc) is 3.23. The van der Waals surface area contributed by atoms with E-state index in [1.807, 2.05) is 42.7 Å². The fourth-order valence-corrected chi connectivity index (χ4v) is 5.00. The Morgan fingerprint density at radius 1 is 1.00 bits per heavy atom. The molecule has 0 aliphatic heterocycles. The molecule has 4 aromatic rings. The molecular formula is C25H22ClN5O5S. The Balaban J connectivity index is 1.54. The highest BCUT2D eigenvalue weighted by molar-refractivity contribution is 7.99. The van der Waals surface area contributed by atoms with Crippen LogP contribution in [0.1, 0.15) is 27.8 Å². The quantitative estimate of drug-likeness (QED) is 0.134. The van der Waals surface area contributed by atoms with Crippen LogP contribution < -0.4 is 4.74 Å². The van der Waals surface area contributed by atoms with Crippen molar-refractivity contribution in [1.82, 2.24) is 14.8 Å². The highest BCUT2D eigenvalue weighted by Gasteiger charge is 2.24. The van der Waals surface area contributed by atoms with Crippen molar-refractivity contribution in [2.75, 3.05) is 6.54 Å². The summed E-state index contributed by atoms with van der Waals surface area (Å²) in [6.45, 7) is 3.63. The number of rotatable bonds is 10. The van der Waals surface area contributed by atoms with Gasteiger partial charge < -0.3 is 4.74 Å². The van der Waals surface area contributed by atoms with Gasteiger partial charge in [0.05, 0.1) is 9.95 Å². The number of thioether (sulfide) groups is 1. The third-order valence-corrected chi connectivity index (χ3v) is 7.00. The van der Waals surface area contributed by atoms with Crippen molar-refractivity contribution in [3.63, 3.8) is 0 Å². The number of aromatic nitrogens is 3. The summed E-state index contributed by atoms with van der Waals surface area (Å²) in [6, 6.07) is 18.9. The minimum atomic E-state index is -0.580. The number of hydrogen-bond acceptors (Lipinski definition) is 8. The second-order valence-electron chi connectivity index (χ2n) is 8.22. The fourth-order valence-electron chi connectivity index (χ4n) is 3.59. The van der Waals surface area contributed by atoms with Crippen molar-refractivity contribution in [3.8, 4) is 11.4 Å². The summed E-state index contributed by atoms with van der Waals surface area (Å²) in [4.78, 5) is 21.5. The zero-order valence-electron chi connectivity index (χ0n) is 19.9. The molecule has 0 aliphatic carbocycles. The summed E-state index contributed by atoms with van der Waals surface area (Å²) in [6.07, 6.45) is 0. The van der Waals surface area contributed by atoms with Crippen LogP contribution in [0.15, 0.2) is 71.9 Å². The lowest BCUT2D eigenvalue weighted by atomic mass is 10.1. The molecule has 0 saturated carbocycles. The second-order valence-corrected chi connectivity index (χ2v) is 9.80. The standard InChI is InChI=1S/C25H22ClN5O5S/c1-16-3-8-20(9-4-16)30-17(2)27-28-25(30)37-24(14-29(32)33)19-7-12-23(22(26)13-19)36-15-18-5-10-21(11-6-18)31(34)35/h3-13,24H,14-15H2,1-2H3/t24-/m1/s1. The molecule has 190 valence electrons. The molecule has 1 atom stereocenters. The van der Waals surface area contributed by atoms with Gasteiger partial charge in [0.2, 0.25) is 6.54 Å². The molecule has 0 radical (unpaired) electrons. The smallest absolute Gasteiger partial charge is 0.269 e. The number of aryl methyl sites for hydroxylation is 2. The van der Waals surface area contributed by atoms with Gasteiger partial charge in [-0.15, -0.1) is 10.2 Å². The van der Waals surface area contributed by atoms with Crippen molar-refractivity contribution in [3.05, 3.63) is 114 Å². The van der Waals surface area contributed by atoms with Gasteiger partial charge in [0.15, 0.2) is 5.16 Å². The van der Waals surface area contributed by atoms with Gasteiger partial charge in [-0.1, -0.05) is 47.1 Å². The molecule has 4 rings (SSSR count). The van der Waals surface area contributed by atoms with E-state index in [0.29, 0.717) is 27.3 Å². The van der Waals surface area contributed by atoms with E-state index >= 15 is 0 Å². The fraction of sp³-hybridized carbons (Fsp3) is 0.200. The zero-order valence-corrected chi connectivity index (χ0v) is 21.5. The van der Waals surface area contributed by atoms with E-state index in [1.54, 1.807) is 30.3 Å². The van der Waals surface area contributed by atoms with Gasteiger partial charge in [0.1, 0.15) is 23.4 Å². The summed E-state index contributed by atoms with van der Waals surface area (Å²) in [5.74, 6) is 1.06. The average molecular weight is 540 g/mol. The number of nitrogens with zero attached hydrogens (tertiary/aromatic N) is 5. The van der Waals surface area contributed by atoms with Crippen LogP contribution in [0.2, 0.25) is 5.02 Å². The number of halogens is 1. The molecule has 0 bridgehead atoms. The minimum Gasteiger partial charge on any atom is -0.487 e. The summed E-state index contributed by atoms with van der Waals surface area (Å²) >= 11 is 7.70. The lowest BCUT2D eigenvalue weighted by molar-refractivity contribution is -0.479. The second kappa shape index (κ2) is 11.4. The number of ether oxygens (including phenoxy) is 1. The van der Waals surface area contributed by atoms with Gasteiger partial charge in [-0.2, -0.15) is 0 Å². The van der Waals surface area contributed by atoms with E-state index in [1.165, 1.54) is 23.9 Å². The maximum Gasteiger partial charge on any atom is 0.269 e. The van der Waals surface area contributed by atoms with E-state index in [-0.39, 0.29) is 23.8 Å². The molecule has 12 heteroatoms. The normalized spacial score (nSPS) is 11.8. The van der Waals surface area contributed by atoms with Gasteiger partial charge in [-0.05, 0) is 61.4 Å². The zero-order chi connectivity index (χ0) is 26.5. The maximum atomic E-state index is 11.5. The Morgan fingerprint density at radius 3 is 2.32 bits per heavy atom. The van der Waals surface area contributed by atoms with E-state index in [4.69, 9.17) is 16.3 Å². The molecule has 0 saturated heterocycles. The Morgan fingerprint density at radius 2 is 1.70 bits per heavy atom. The summed E-state index contributed by atoms with van der Waals surface area (Å²) < 4.78 is 7.64. The monoisotopic (exact) mass is 539 g/mol. The van der Waals surface area contributed by atoms with Crippen LogP contribution in [-0.2, 0) is 6.61 Å². The summed E-state index contributed by atoms with van der Waals surface area (Å²) in [7, 11) is 0. The first-order valence-electron chi connectivity index (χ1n) is 11.1. The Hall–Kier alpha value is -3.96. The third-order valence-electron chi connectivity index (χ3n) is 5.52. The molecule has 0 aliphatic rings. The van der Waals surface area contributed by atoms with Gasteiger partial charge >= 0.3 is 0 Å². The largest absolute Gasteiger partial charge is 0.487 e. The first-order valence-corrected chi connectivity index (χ1v) is 12.4. The predicted molar refractivity (Wildman–Crippen MR) is 140 cm³/mol. The lowest BCUT2D eigenvalue weighted by Crippen LogP contribution is -2.11. The first kappa shape index (κ1) is 26.1. The number of non-ortho nitro benzene ring substituents is 1. The third kappa shape index (κ3) is 6.43. The SMILES string of the molecule is Cc1ccc(-n2c(C)nnc2S[C@H](C[N+](=O)[O-])c2ccc(OCc3ccc([N+](=O)[O-])cc3)c(Cl)c2)cc1. The van der Waals surface area contributed by atoms with E-state index in [2.05, 4.69) is 10.2 Å². The predicted octanol–water partition coefficient (Wildman–Crippen LogP) is 6.13. The van der Waals surface area contributed by atoms with Crippen LogP contribution >= 0.6 is 23.4 Å². The van der Waals surface area contributed by atoms with E-state index in [0.717, 1.165) is 16.8 Å². The van der Waals surface area contributed by atoms with Crippen LogP contribution in [-0.4, -0.2) is 31.2 Å². The summed E-state index contributed by atoms with van der Waals surface area (Å²) in [5, 5.41) is 31.0. The van der Waals surface area contributed by atoms with Gasteiger partial charge in [0.25, 0.3) is 5.69 Å². The molecule has 0 unspecified atom stereocenters. The highest BCUT2D eigenvalue weighted by atomic mass is 35.5. The Bertz CT molecular complexity index is 1430. The van der Waals surface area contributed by atoms with Crippen LogP contribution in [0, 0.1) is 34.1 Å². The van der Waals surface area contributed by atoms with Gasteiger partial charge in [0, 0.05) is 22.7 Å². The van der Waals surface area contributed by atoms with Crippen molar-refractivity contribution in [2.45, 2.75) is 30.9 Å². The molecule has 0 spiro atoms. The van der Waals surface area contributed by atoms with E-state index in [9.17, 15) is 20.2 Å².